The molecule has 5 nitrogen and oxygen atoms in total. The van der Waals surface area contributed by atoms with E-state index in [9.17, 15) is 8.42 Å². The van der Waals surface area contributed by atoms with Gasteiger partial charge in [0.25, 0.3) is 0 Å². The lowest BCUT2D eigenvalue weighted by atomic mass is 10.0. The average Bonchev–Trinajstić information content (AvgIpc) is 2.62. The Bertz CT molecular complexity index is 664. The molecule has 1 heterocycles. The first-order valence-electron chi connectivity index (χ1n) is 8.99. The lowest BCUT2D eigenvalue weighted by molar-refractivity contribution is 0.264. The molecule has 1 aliphatic rings. The lowest BCUT2D eigenvalue weighted by Crippen LogP contribution is -2.53. The number of piperazine rings is 1. The molecule has 1 aromatic carbocycles. The second-order valence-corrected chi connectivity index (χ2v) is 9.02. The molecule has 0 saturated carbocycles. The molecule has 0 aliphatic carbocycles. The van der Waals surface area contributed by atoms with Crippen LogP contribution in [0.3, 0.4) is 0 Å². The normalized spacial score (nSPS) is 16.2. The van der Waals surface area contributed by atoms with Gasteiger partial charge in [0.05, 0.1) is 4.90 Å². The second-order valence-electron chi connectivity index (χ2n) is 6.70. The monoisotopic (exact) mass is 383 g/mol. The van der Waals surface area contributed by atoms with Gasteiger partial charge in [0.1, 0.15) is 0 Å². The number of hydrogen-bond acceptors (Lipinski definition) is 3. The number of thiocarbonyl (C=S) groups is 1. The third kappa shape index (κ3) is 5.15. The van der Waals surface area contributed by atoms with Crippen molar-refractivity contribution in [3.63, 3.8) is 0 Å². The van der Waals surface area contributed by atoms with Gasteiger partial charge in [-0.2, -0.15) is 4.31 Å². The number of rotatable bonds is 6. The quantitative estimate of drug-likeness (QED) is 0.605. The van der Waals surface area contributed by atoms with E-state index in [1.54, 1.807) is 16.4 Å². The third-order valence-electron chi connectivity index (χ3n) is 4.52. The molecule has 0 unspecified atom stereocenters. The van der Waals surface area contributed by atoms with Gasteiger partial charge in [-0.15, -0.1) is 0 Å². The van der Waals surface area contributed by atoms with Crippen molar-refractivity contribution < 1.29 is 8.42 Å². The molecule has 140 valence electrons. The van der Waals surface area contributed by atoms with Gasteiger partial charge in [0.2, 0.25) is 10.0 Å². The molecule has 0 atom stereocenters. The van der Waals surface area contributed by atoms with Crippen LogP contribution in [0.2, 0.25) is 0 Å². The summed E-state index contributed by atoms with van der Waals surface area (Å²) in [7, 11) is -3.43. The first kappa shape index (κ1) is 20.1. The van der Waals surface area contributed by atoms with Gasteiger partial charge in [0, 0.05) is 32.7 Å². The standard InChI is InChI=1S/C18H29N3O2S2/c1-4-5-10-19-18(24)20-11-13-21(14-12-20)25(22,23)17-8-6-16(7-9-17)15(2)3/h6-9,15H,4-5,10-14H2,1-3H3,(H,19,24). The fourth-order valence-corrected chi connectivity index (χ4v) is 4.50. The SMILES string of the molecule is CCCCNC(=S)N1CCN(S(=O)(=O)c2ccc(C(C)C)cc2)CC1. The molecule has 0 aromatic heterocycles. The molecule has 1 N–H and O–H groups in total. The minimum Gasteiger partial charge on any atom is -0.363 e. The highest BCUT2D eigenvalue weighted by Crippen LogP contribution is 2.21. The fourth-order valence-electron chi connectivity index (χ4n) is 2.79. The zero-order valence-corrected chi connectivity index (χ0v) is 17.0. The Kier molecular flexibility index (Phi) is 7.22. The van der Waals surface area contributed by atoms with Crippen molar-refractivity contribution in [2.75, 3.05) is 32.7 Å². The van der Waals surface area contributed by atoms with E-state index in [2.05, 4.69) is 31.0 Å². The highest BCUT2D eigenvalue weighted by molar-refractivity contribution is 7.89. The van der Waals surface area contributed by atoms with Crippen LogP contribution in [0, 0.1) is 0 Å². The van der Waals surface area contributed by atoms with Crippen LogP contribution in [0.1, 0.15) is 45.1 Å². The Morgan fingerprint density at radius 1 is 1.16 bits per heavy atom. The average molecular weight is 384 g/mol. The molecule has 0 spiro atoms. The Morgan fingerprint density at radius 2 is 1.76 bits per heavy atom. The molecule has 1 fully saturated rings. The van der Waals surface area contributed by atoms with E-state index in [1.807, 2.05) is 12.1 Å². The van der Waals surface area contributed by atoms with Crippen molar-refractivity contribution in [1.29, 1.82) is 0 Å². The van der Waals surface area contributed by atoms with Gasteiger partial charge in [-0.05, 0) is 42.3 Å². The first-order valence-corrected chi connectivity index (χ1v) is 10.8. The van der Waals surface area contributed by atoms with E-state index < -0.39 is 10.0 Å². The van der Waals surface area contributed by atoms with E-state index in [4.69, 9.17) is 12.2 Å². The summed E-state index contributed by atoms with van der Waals surface area (Å²) in [5.41, 5.74) is 1.15. The van der Waals surface area contributed by atoms with E-state index >= 15 is 0 Å². The summed E-state index contributed by atoms with van der Waals surface area (Å²) in [5, 5.41) is 3.97. The van der Waals surface area contributed by atoms with Gasteiger partial charge in [-0.25, -0.2) is 8.42 Å². The maximum Gasteiger partial charge on any atom is 0.243 e. The van der Waals surface area contributed by atoms with Crippen molar-refractivity contribution in [1.82, 2.24) is 14.5 Å². The van der Waals surface area contributed by atoms with Crippen LogP contribution in [0.25, 0.3) is 0 Å². The lowest BCUT2D eigenvalue weighted by Gasteiger charge is -2.35. The van der Waals surface area contributed by atoms with Crippen molar-refractivity contribution in [3.05, 3.63) is 29.8 Å². The van der Waals surface area contributed by atoms with Crippen LogP contribution < -0.4 is 5.32 Å². The molecule has 0 amide bonds. The maximum atomic E-state index is 12.8. The predicted molar refractivity (Wildman–Crippen MR) is 106 cm³/mol. The minimum atomic E-state index is -3.43. The Labute approximate surface area is 157 Å². The molecule has 2 rings (SSSR count). The number of hydrogen-bond donors (Lipinski definition) is 1. The smallest absolute Gasteiger partial charge is 0.243 e. The summed E-state index contributed by atoms with van der Waals surface area (Å²) in [6.45, 7) is 9.38. The highest BCUT2D eigenvalue weighted by Gasteiger charge is 2.29. The molecule has 7 heteroatoms. The predicted octanol–water partition coefficient (Wildman–Crippen LogP) is 2.79. The summed E-state index contributed by atoms with van der Waals surface area (Å²) in [5.74, 6) is 0.390. The first-order chi connectivity index (χ1) is 11.9. The van der Waals surface area contributed by atoms with Crippen molar-refractivity contribution in [3.8, 4) is 0 Å². The van der Waals surface area contributed by atoms with E-state index in [1.165, 1.54) is 0 Å². The molecule has 0 bridgehead atoms. The summed E-state index contributed by atoms with van der Waals surface area (Å²) in [6.07, 6.45) is 2.21. The van der Waals surface area contributed by atoms with Crippen LogP contribution >= 0.6 is 12.2 Å². The zero-order chi connectivity index (χ0) is 18.4. The summed E-state index contributed by atoms with van der Waals surface area (Å²) < 4.78 is 27.2. The van der Waals surface area contributed by atoms with Crippen LogP contribution in [0.5, 0.6) is 0 Å². The number of benzene rings is 1. The van der Waals surface area contributed by atoms with Crippen LogP contribution in [0.4, 0.5) is 0 Å². The largest absolute Gasteiger partial charge is 0.363 e. The van der Waals surface area contributed by atoms with Gasteiger partial charge in [-0.3, -0.25) is 0 Å². The topological polar surface area (TPSA) is 52.6 Å². The number of nitrogens with zero attached hydrogens (tertiary/aromatic N) is 2. The molecule has 1 aromatic rings. The van der Waals surface area contributed by atoms with Gasteiger partial charge < -0.3 is 10.2 Å². The molecule has 1 saturated heterocycles. The number of nitrogens with one attached hydrogen (secondary N) is 1. The van der Waals surface area contributed by atoms with E-state index in [-0.39, 0.29) is 0 Å². The highest BCUT2D eigenvalue weighted by atomic mass is 32.2. The number of unbranched alkanes of at least 4 members (excludes halogenated alkanes) is 1. The zero-order valence-electron chi connectivity index (χ0n) is 15.4. The molecular weight excluding hydrogens is 354 g/mol. The Hall–Kier alpha value is -1.18. The van der Waals surface area contributed by atoms with Gasteiger partial charge >= 0.3 is 0 Å². The molecule has 0 radical (unpaired) electrons. The van der Waals surface area contributed by atoms with E-state index in [0.717, 1.165) is 30.1 Å². The van der Waals surface area contributed by atoms with E-state index in [0.29, 0.717) is 37.0 Å². The third-order valence-corrected chi connectivity index (χ3v) is 6.83. The summed E-state index contributed by atoms with van der Waals surface area (Å²) in [4.78, 5) is 2.42. The summed E-state index contributed by atoms with van der Waals surface area (Å²) in [6, 6.07) is 7.24. The Balaban J connectivity index is 1.95. The Morgan fingerprint density at radius 3 is 2.28 bits per heavy atom. The van der Waals surface area contributed by atoms with Gasteiger partial charge in [-0.1, -0.05) is 39.3 Å². The van der Waals surface area contributed by atoms with Crippen LogP contribution in [0.15, 0.2) is 29.2 Å². The van der Waals surface area contributed by atoms with Gasteiger partial charge in [0.15, 0.2) is 5.11 Å². The maximum absolute atomic E-state index is 12.8. The summed E-state index contributed by atoms with van der Waals surface area (Å²) >= 11 is 5.40. The number of sulfonamides is 1. The van der Waals surface area contributed by atoms with Crippen LogP contribution in [-0.4, -0.2) is 55.5 Å². The van der Waals surface area contributed by atoms with Crippen molar-refractivity contribution in [2.24, 2.45) is 0 Å². The van der Waals surface area contributed by atoms with Crippen LogP contribution in [-0.2, 0) is 10.0 Å². The molecule has 1 aliphatic heterocycles. The van der Waals surface area contributed by atoms with Crippen molar-refractivity contribution >= 4 is 27.4 Å². The second kappa shape index (κ2) is 8.96. The molecule has 25 heavy (non-hydrogen) atoms. The van der Waals surface area contributed by atoms with Crippen molar-refractivity contribution in [2.45, 2.75) is 44.4 Å². The fraction of sp³-hybridized carbons (Fsp3) is 0.611. The minimum absolute atomic E-state index is 0.369. The molecular formula is C18H29N3O2S2.